The molecule has 1 aliphatic rings. The molecule has 4 nitrogen and oxygen atoms in total. The van der Waals surface area contributed by atoms with Crippen LogP contribution >= 0.6 is 0 Å². The van der Waals surface area contributed by atoms with E-state index in [1.165, 1.54) is 16.3 Å². The summed E-state index contributed by atoms with van der Waals surface area (Å²) in [6.45, 7) is 3.95. The number of hydrogen-bond donors (Lipinski definition) is 1. The van der Waals surface area contributed by atoms with E-state index in [0.29, 0.717) is 12.3 Å². The predicted molar refractivity (Wildman–Crippen MR) is 113 cm³/mol. The van der Waals surface area contributed by atoms with Crippen molar-refractivity contribution in [3.8, 4) is 0 Å². The van der Waals surface area contributed by atoms with E-state index < -0.39 is 0 Å². The lowest BCUT2D eigenvalue weighted by molar-refractivity contribution is -0.120. The van der Waals surface area contributed by atoms with Crippen LogP contribution in [0.15, 0.2) is 67.0 Å². The minimum absolute atomic E-state index is 0.121. The van der Waals surface area contributed by atoms with Crippen molar-refractivity contribution in [2.24, 2.45) is 5.92 Å². The molecule has 0 saturated carbocycles. The zero-order valence-electron chi connectivity index (χ0n) is 16.2. The van der Waals surface area contributed by atoms with Gasteiger partial charge < -0.3 is 5.32 Å². The highest BCUT2D eigenvalue weighted by Gasteiger charge is 2.20. The van der Waals surface area contributed by atoms with Crippen LogP contribution in [0.4, 0.5) is 0 Å². The molecule has 0 unspecified atom stereocenters. The third kappa shape index (κ3) is 4.76. The summed E-state index contributed by atoms with van der Waals surface area (Å²) in [4.78, 5) is 19.0. The van der Waals surface area contributed by atoms with Crippen molar-refractivity contribution in [2.75, 3.05) is 19.6 Å². The van der Waals surface area contributed by atoms with Gasteiger partial charge in [0.25, 0.3) is 0 Å². The van der Waals surface area contributed by atoms with E-state index in [9.17, 15) is 4.79 Å². The molecule has 4 heteroatoms. The molecular formula is C24H27N3O. The Hall–Kier alpha value is -2.72. The second-order valence-corrected chi connectivity index (χ2v) is 7.69. The van der Waals surface area contributed by atoms with Gasteiger partial charge in [-0.25, -0.2) is 0 Å². The summed E-state index contributed by atoms with van der Waals surface area (Å²) in [5.41, 5.74) is 2.42. The number of fused-ring (bicyclic) bond motifs is 1. The highest BCUT2D eigenvalue weighted by Crippen LogP contribution is 2.20. The number of likely N-dealkylation sites (tertiary alicyclic amines) is 1. The van der Waals surface area contributed by atoms with Gasteiger partial charge in [0, 0.05) is 25.5 Å². The summed E-state index contributed by atoms with van der Waals surface area (Å²) < 4.78 is 0. The summed E-state index contributed by atoms with van der Waals surface area (Å²) in [7, 11) is 0. The van der Waals surface area contributed by atoms with Crippen LogP contribution in [0.25, 0.3) is 10.8 Å². The van der Waals surface area contributed by atoms with Crippen LogP contribution in [0, 0.1) is 5.92 Å². The number of piperidine rings is 1. The van der Waals surface area contributed by atoms with E-state index in [1.54, 1.807) is 0 Å². The fourth-order valence-electron chi connectivity index (χ4n) is 4.04. The highest BCUT2D eigenvalue weighted by atomic mass is 16.1. The maximum absolute atomic E-state index is 12.5. The van der Waals surface area contributed by atoms with Gasteiger partial charge in [0.15, 0.2) is 0 Å². The lowest BCUT2D eigenvalue weighted by Gasteiger charge is -2.32. The average Bonchev–Trinajstić information content (AvgIpc) is 2.74. The van der Waals surface area contributed by atoms with Gasteiger partial charge in [-0.05, 0) is 65.9 Å². The maximum atomic E-state index is 12.5. The van der Waals surface area contributed by atoms with E-state index in [-0.39, 0.29) is 5.91 Å². The number of rotatable bonds is 6. The number of nitrogens with zero attached hydrogens (tertiary/aromatic N) is 2. The van der Waals surface area contributed by atoms with Gasteiger partial charge in [-0.1, -0.05) is 42.5 Å². The first-order valence-corrected chi connectivity index (χ1v) is 10.1. The molecule has 0 atom stereocenters. The Morgan fingerprint density at radius 3 is 2.57 bits per heavy atom. The molecule has 1 fully saturated rings. The molecule has 0 radical (unpaired) electrons. The summed E-state index contributed by atoms with van der Waals surface area (Å²) >= 11 is 0. The Morgan fingerprint density at radius 2 is 1.75 bits per heavy atom. The molecule has 1 saturated heterocycles. The van der Waals surface area contributed by atoms with Crippen LogP contribution < -0.4 is 5.32 Å². The van der Waals surface area contributed by atoms with Gasteiger partial charge in [-0.2, -0.15) is 0 Å². The Labute approximate surface area is 166 Å². The van der Waals surface area contributed by atoms with Crippen molar-refractivity contribution in [3.63, 3.8) is 0 Å². The van der Waals surface area contributed by atoms with Gasteiger partial charge >= 0.3 is 0 Å². The maximum Gasteiger partial charge on any atom is 0.224 e. The molecule has 0 bridgehead atoms. The number of amides is 1. The number of carbonyl (C=O) groups excluding carboxylic acids is 1. The van der Waals surface area contributed by atoms with Crippen LogP contribution in [0.2, 0.25) is 0 Å². The van der Waals surface area contributed by atoms with E-state index in [2.05, 4.69) is 51.6 Å². The van der Waals surface area contributed by atoms with E-state index in [0.717, 1.165) is 44.6 Å². The molecule has 4 rings (SSSR count). The number of carbonyl (C=O) groups is 1. The predicted octanol–water partition coefficient (Wildman–Crippen LogP) is 3.81. The number of nitrogens with one attached hydrogen (secondary N) is 1. The molecule has 28 heavy (non-hydrogen) atoms. The Morgan fingerprint density at radius 1 is 1.00 bits per heavy atom. The first-order chi connectivity index (χ1) is 13.8. The van der Waals surface area contributed by atoms with Crippen molar-refractivity contribution in [3.05, 3.63) is 78.1 Å². The van der Waals surface area contributed by atoms with Crippen LogP contribution in [-0.4, -0.2) is 35.4 Å². The molecule has 2 aromatic carbocycles. The van der Waals surface area contributed by atoms with Crippen molar-refractivity contribution < 1.29 is 4.79 Å². The minimum Gasteiger partial charge on any atom is -0.356 e. The Kier molecular flexibility index (Phi) is 5.98. The minimum atomic E-state index is 0.121. The molecule has 1 N–H and O–H groups in total. The van der Waals surface area contributed by atoms with Crippen LogP contribution in [0.3, 0.4) is 0 Å². The fraction of sp³-hybridized carbons (Fsp3) is 0.333. The van der Waals surface area contributed by atoms with Crippen LogP contribution in [0.5, 0.6) is 0 Å². The SMILES string of the molecule is O=C(Cc1cccc2ccccc12)NCC1CCN(Cc2ccncc2)CC1. The van der Waals surface area contributed by atoms with E-state index in [1.807, 2.05) is 30.6 Å². The smallest absolute Gasteiger partial charge is 0.224 e. The van der Waals surface area contributed by atoms with Gasteiger partial charge in [0.05, 0.1) is 6.42 Å². The Balaban J connectivity index is 1.23. The van der Waals surface area contributed by atoms with Crippen molar-refractivity contribution in [1.82, 2.24) is 15.2 Å². The molecule has 1 aromatic heterocycles. The molecular weight excluding hydrogens is 346 g/mol. The topological polar surface area (TPSA) is 45.2 Å². The second-order valence-electron chi connectivity index (χ2n) is 7.69. The molecule has 144 valence electrons. The summed E-state index contributed by atoms with van der Waals surface area (Å²) in [5.74, 6) is 0.695. The zero-order valence-corrected chi connectivity index (χ0v) is 16.2. The zero-order chi connectivity index (χ0) is 19.2. The Bertz CT molecular complexity index is 912. The van der Waals surface area contributed by atoms with E-state index >= 15 is 0 Å². The fourth-order valence-corrected chi connectivity index (χ4v) is 4.04. The number of pyridine rings is 1. The lowest BCUT2D eigenvalue weighted by atomic mass is 9.96. The van der Waals surface area contributed by atoms with Gasteiger partial charge in [-0.3, -0.25) is 14.7 Å². The largest absolute Gasteiger partial charge is 0.356 e. The van der Waals surface area contributed by atoms with Crippen LogP contribution in [-0.2, 0) is 17.8 Å². The summed E-state index contributed by atoms with van der Waals surface area (Å²) in [6.07, 6.45) is 6.43. The van der Waals surface area contributed by atoms with Gasteiger partial charge in [-0.15, -0.1) is 0 Å². The van der Waals surface area contributed by atoms with Crippen molar-refractivity contribution in [1.29, 1.82) is 0 Å². The third-order valence-electron chi connectivity index (χ3n) is 5.68. The molecule has 2 heterocycles. The second kappa shape index (κ2) is 8.98. The summed E-state index contributed by atoms with van der Waals surface area (Å²) in [5, 5.41) is 5.52. The number of hydrogen-bond acceptors (Lipinski definition) is 3. The number of aromatic nitrogens is 1. The highest BCUT2D eigenvalue weighted by molar-refractivity contribution is 5.90. The molecule has 0 aliphatic carbocycles. The average molecular weight is 374 g/mol. The molecule has 1 amide bonds. The third-order valence-corrected chi connectivity index (χ3v) is 5.68. The van der Waals surface area contributed by atoms with Gasteiger partial charge in [0.1, 0.15) is 0 Å². The van der Waals surface area contributed by atoms with Crippen LogP contribution in [0.1, 0.15) is 24.0 Å². The van der Waals surface area contributed by atoms with Crippen molar-refractivity contribution in [2.45, 2.75) is 25.8 Å². The van der Waals surface area contributed by atoms with Gasteiger partial charge in [0.2, 0.25) is 5.91 Å². The molecule has 3 aromatic rings. The monoisotopic (exact) mass is 373 g/mol. The number of benzene rings is 2. The van der Waals surface area contributed by atoms with E-state index in [4.69, 9.17) is 0 Å². The van der Waals surface area contributed by atoms with Crippen molar-refractivity contribution >= 4 is 16.7 Å². The molecule has 1 aliphatic heterocycles. The first-order valence-electron chi connectivity index (χ1n) is 10.1. The quantitative estimate of drug-likeness (QED) is 0.715. The lowest BCUT2D eigenvalue weighted by Crippen LogP contribution is -2.38. The summed E-state index contributed by atoms with van der Waals surface area (Å²) in [6, 6.07) is 18.6. The molecule has 0 spiro atoms. The standard InChI is InChI=1S/C24H27N3O/c28-24(16-22-6-3-5-21-4-1-2-7-23(21)22)26-17-19-10-14-27(15-11-19)18-20-8-12-25-13-9-20/h1-9,12-13,19H,10-11,14-18H2,(H,26,28). The normalized spacial score (nSPS) is 15.6. The first kappa shape index (κ1) is 18.6.